The Balaban J connectivity index is 1.51. The van der Waals surface area contributed by atoms with Crippen LogP contribution in [0.2, 0.25) is 5.02 Å². The number of halogens is 1. The van der Waals surface area contributed by atoms with Crippen molar-refractivity contribution in [2.24, 2.45) is 0 Å². The maximum Gasteiger partial charge on any atom is 0.255 e. The fourth-order valence-corrected chi connectivity index (χ4v) is 4.49. The molecule has 2 fully saturated rings. The number of benzene rings is 1. The van der Waals surface area contributed by atoms with Crippen LogP contribution in [-0.2, 0) is 9.47 Å². The van der Waals surface area contributed by atoms with Crippen LogP contribution in [0, 0.1) is 0 Å². The number of nitrogens with one attached hydrogen (secondary N) is 1. The Morgan fingerprint density at radius 2 is 2.00 bits per heavy atom. The number of nitrogen functional groups attached to an aromatic ring is 1. The predicted molar refractivity (Wildman–Crippen MR) is 118 cm³/mol. The maximum absolute atomic E-state index is 12.9. The summed E-state index contributed by atoms with van der Waals surface area (Å²) in [6.07, 6.45) is 7.42. The SMILES string of the molecule is COc1cc(N)c(Cl)cc1C(=O)NC1CCN(CCOC2CCCCC2)CC1OC. The topological polar surface area (TPSA) is 86.0 Å². The smallest absolute Gasteiger partial charge is 0.255 e. The van der Waals surface area contributed by atoms with E-state index in [-0.39, 0.29) is 18.1 Å². The molecule has 8 heteroatoms. The van der Waals surface area contributed by atoms with Gasteiger partial charge in [-0.15, -0.1) is 0 Å². The van der Waals surface area contributed by atoms with Gasteiger partial charge in [0.15, 0.2) is 0 Å². The molecule has 1 aliphatic carbocycles. The number of carbonyl (C=O) groups is 1. The van der Waals surface area contributed by atoms with Crippen LogP contribution in [0.3, 0.4) is 0 Å². The highest BCUT2D eigenvalue weighted by atomic mass is 35.5. The van der Waals surface area contributed by atoms with Gasteiger partial charge in [0.05, 0.1) is 48.2 Å². The molecule has 168 valence electrons. The standard InChI is InChI=1S/C22H34ClN3O4/c1-28-20-13-18(24)17(23)12-16(20)22(27)25-19-8-9-26(14-21(19)29-2)10-11-30-15-6-4-3-5-7-15/h12-13,15,19,21H,3-11,14,24H2,1-2H3,(H,25,27). The van der Waals surface area contributed by atoms with E-state index >= 15 is 0 Å². The number of carbonyl (C=O) groups excluding carboxylic acids is 1. The molecule has 0 spiro atoms. The number of nitrogens with zero attached hydrogens (tertiary/aromatic N) is 1. The summed E-state index contributed by atoms with van der Waals surface area (Å²) in [6.45, 7) is 3.28. The minimum Gasteiger partial charge on any atom is -0.496 e. The average Bonchev–Trinajstić information content (AvgIpc) is 2.76. The number of amides is 1. The highest BCUT2D eigenvalue weighted by Crippen LogP contribution is 2.29. The third-order valence-electron chi connectivity index (χ3n) is 6.14. The van der Waals surface area contributed by atoms with Crippen LogP contribution in [0.4, 0.5) is 5.69 Å². The van der Waals surface area contributed by atoms with E-state index in [9.17, 15) is 4.79 Å². The molecule has 2 unspecified atom stereocenters. The third-order valence-corrected chi connectivity index (χ3v) is 6.47. The molecule has 1 heterocycles. The number of rotatable bonds is 8. The van der Waals surface area contributed by atoms with Crippen molar-refractivity contribution < 1.29 is 19.0 Å². The Bertz CT molecular complexity index is 712. The lowest BCUT2D eigenvalue weighted by Crippen LogP contribution is -2.55. The molecule has 1 aromatic carbocycles. The molecule has 1 aromatic rings. The number of ether oxygens (including phenoxy) is 3. The van der Waals surface area contributed by atoms with Crippen LogP contribution in [0.15, 0.2) is 12.1 Å². The van der Waals surface area contributed by atoms with Gasteiger partial charge < -0.3 is 25.3 Å². The fraction of sp³-hybridized carbons (Fsp3) is 0.682. The van der Waals surface area contributed by atoms with E-state index in [2.05, 4.69) is 10.2 Å². The van der Waals surface area contributed by atoms with Crippen molar-refractivity contribution in [3.63, 3.8) is 0 Å². The Hall–Kier alpha value is -1.54. The summed E-state index contributed by atoms with van der Waals surface area (Å²) in [5, 5.41) is 3.42. The number of piperidine rings is 1. The molecule has 1 amide bonds. The molecule has 30 heavy (non-hydrogen) atoms. The van der Waals surface area contributed by atoms with Gasteiger partial charge in [-0.05, 0) is 25.3 Å². The van der Waals surface area contributed by atoms with Gasteiger partial charge in [0, 0.05) is 32.8 Å². The van der Waals surface area contributed by atoms with Crippen LogP contribution in [0.25, 0.3) is 0 Å². The largest absolute Gasteiger partial charge is 0.496 e. The molecule has 7 nitrogen and oxygen atoms in total. The first-order valence-corrected chi connectivity index (χ1v) is 11.2. The van der Waals surface area contributed by atoms with Gasteiger partial charge in [-0.1, -0.05) is 30.9 Å². The number of hydrogen-bond acceptors (Lipinski definition) is 6. The van der Waals surface area contributed by atoms with E-state index in [1.54, 1.807) is 19.2 Å². The van der Waals surface area contributed by atoms with Crippen molar-refractivity contribution in [3.8, 4) is 5.75 Å². The summed E-state index contributed by atoms with van der Waals surface area (Å²) >= 11 is 6.11. The van der Waals surface area contributed by atoms with Gasteiger partial charge >= 0.3 is 0 Å². The molecule has 3 rings (SSSR count). The Morgan fingerprint density at radius 3 is 2.70 bits per heavy atom. The molecule has 0 aromatic heterocycles. The fourth-order valence-electron chi connectivity index (χ4n) is 4.33. The Morgan fingerprint density at radius 1 is 1.23 bits per heavy atom. The first kappa shape index (κ1) is 23.1. The quantitative estimate of drug-likeness (QED) is 0.605. The second-order valence-corrected chi connectivity index (χ2v) is 8.56. The third kappa shape index (κ3) is 6.00. The molecule has 2 aliphatic rings. The predicted octanol–water partition coefficient (Wildman–Crippen LogP) is 3.10. The van der Waals surface area contributed by atoms with E-state index in [0.29, 0.717) is 28.1 Å². The number of anilines is 1. The number of methoxy groups -OCH3 is 2. The lowest BCUT2D eigenvalue weighted by atomic mass is 9.98. The molecular formula is C22H34ClN3O4. The summed E-state index contributed by atoms with van der Waals surface area (Å²) in [5.41, 5.74) is 6.56. The first-order valence-electron chi connectivity index (χ1n) is 10.8. The molecule has 2 atom stereocenters. The lowest BCUT2D eigenvalue weighted by molar-refractivity contribution is -0.0188. The van der Waals surface area contributed by atoms with Crippen molar-refractivity contribution in [1.82, 2.24) is 10.2 Å². The van der Waals surface area contributed by atoms with Gasteiger partial charge in [0.2, 0.25) is 0 Å². The average molecular weight is 440 g/mol. The summed E-state index contributed by atoms with van der Waals surface area (Å²) in [7, 11) is 3.19. The van der Waals surface area contributed by atoms with E-state index in [1.807, 2.05) is 0 Å². The summed E-state index contributed by atoms with van der Waals surface area (Å²) < 4.78 is 17.1. The zero-order valence-corrected chi connectivity index (χ0v) is 18.7. The normalized spacial score (nSPS) is 23.3. The zero-order chi connectivity index (χ0) is 21.5. The molecule has 1 saturated heterocycles. The van der Waals surface area contributed by atoms with Crippen molar-refractivity contribution in [2.45, 2.75) is 56.8 Å². The Labute approximate surface area is 184 Å². The molecule has 1 aliphatic heterocycles. The van der Waals surface area contributed by atoms with Crippen molar-refractivity contribution in [2.75, 3.05) is 46.2 Å². The second kappa shape index (κ2) is 11.2. The molecular weight excluding hydrogens is 406 g/mol. The van der Waals surface area contributed by atoms with Crippen LogP contribution < -0.4 is 15.8 Å². The van der Waals surface area contributed by atoms with E-state index < -0.39 is 0 Å². The van der Waals surface area contributed by atoms with E-state index in [0.717, 1.165) is 32.7 Å². The highest BCUT2D eigenvalue weighted by molar-refractivity contribution is 6.33. The van der Waals surface area contributed by atoms with Gasteiger partial charge in [-0.2, -0.15) is 0 Å². The highest BCUT2D eigenvalue weighted by Gasteiger charge is 2.31. The molecule has 1 saturated carbocycles. The van der Waals surface area contributed by atoms with Crippen molar-refractivity contribution >= 4 is 23.2 Å². The second-order valence-electron chi connectivity index (χ2n) is 8.15. The van der Waals surface area contributed by atoms with E-state index in [4.69, 9.17) is 31.5 Å². The Kier molecular flexibility index (Phi) is 8.62. The summed E-state index contributed by atoms with van der Waals surface area (Å²) in [5.74, 6) is 0.163. The number of hydrogen-bond donors (Lipinski definition) is 2. The van der Waals surface area contributed by atoms with Crippen LogP contribution in [0.1, 0.15) is 48.9 Å². The summed E-state index contributed by atoms with van der Waals surface area (Å²) in [4.78, 5) is 15.2. The van der Waals surface area contributed by atoms with Gasteiger partial charge in [-0.3, -0.25) is 9.69 Å². The van der Waals surface area contributed by atoms with Gasteiger partial charge in [0.1, 0.15) is 5.75 Å². The monoisotopic (exact) mass is 439 g/mol. The molecule has 0 radical (unpaired) electrons. The van der Waals surface area contributed by atoms with E-state index in [1.165, 1.54) is 39.2 Å². The van der Waals surface area contributed by atoms with Crippen molar-refractivity contribution in [3.05, 3.63) is 22.7 Å². The number of nitrogens with two attached hydrogens (primary N) is 1. The molecule has 0 bridgehead atoms. The van der Waals surface area contributed by atoms with Crippen LogP contribution in [0.5, 0.6) is 5.75 Å². The van der Waals surface area contributed by atoms with Gasteiger partial charge in [-0.25, -0.2) is 0 Å². The molecule has 3 N–H and O–H groups in total. The minimum atomic E-state index is -0.241. The number of likely N-dealkylation sites (tertiary alicyclic amines) is 1. The van der Waals surface area contributed by atoms with Crippen molar-refractivity contribution in [1.29, 1.82) is 0 Å². The maximum atomic E-state index is 12.9. The first-order chi connectivity index (χ1) is 14.5. The summed E-state index contributed by atoms with van der Waals surface area (Å²) in [6, 6.07) is 3.03. The lowest BCUT2D eigenvalue weighted by Gasteiger charge is -2.38. The minimum absolute atomic E-state index is 0.0842. The van der Waals surface area contributed by atoms with Crippen LogP contribution in [-0.4, -0.2) is 69.5 Å². The zero-order valence-electron chi connectivity index (χ0n) is 18.0. The van der Waals surface area contributed by atoms with Gasteiger partial charge in [0.25, 0.3) is 5.91 Å². The van der Waals surface area contributed by atoms with Crippen LogP contribution >= 0.6 is 11.6 Å².